The van der Waals surface area contributed by atoms with Gasteiger partial charge < -0.3 is 10.1 Å². The van der Waals surface area contributed by atoms with E-state index >= 15 is 0 Å². The molecule has 1 aromatic heterocycles. The first kappa shape index (κ1) is 17.1. The molecule has 0 radical (unpaired) electrons. The SMILES string of the molecule is Cc1ccc([C@@H]2OCCC[C@@H]2CN[C@@H](C)c2ccncc2F)cc1. The predicted octanol–water partition coefficient (Wildman–Crippen LogP) is 4.35. The molecule has 0 bridgehead atoms. The van der Waals surface area contributed by atoms with Crippen LogP contribution in [0.2, 0.25) is 0 Å². The third kappa shape index (κ3) is 4.00. The van der Waals surface area contributed by atoms with E-state index in [4.69, 9.17) is 4.74 Å². The van der Waals surface area contributed by atoms with Crippen molar-refractivity contribution in [2.45, 2.75) is 38.8 Å². The van der Waals surface area contributed by atoms with Gasteiger partial charge in [0.2, 0.25) is 0 Å². The van der Waals surface area contributed by atoms with E-state index in [2.05, 4.69) is 41.5 Å². The van der Waals surface area contributed by atoms with E-state index in [1.54, 1.807) is 12.3 Å². The van der Waals surface area contributed by atoms with E-state index < -0.39 is 0 Å². The molecule has 2 aromatic rings. The average molecular weight is 328 g/mol. The zero-order valence-corrected chi connectivity index (χ0v) is 14.3. The number of aromatic nitrogens is 1. The zero-order chi connectivity index (χ0) is 16.9. The highest BCUT2D eigenvalue weighted by Gasteiger charge is 2.27. The topological polar surface area (TPSA) is 34.1 Å². The van der Waals surface area contributed by atoms with Crippen LogP contribution in [0.4, 0.5) is 4.39 Å². The first-order valence-corrected chi connectivity index (χ1v) is 8.66. The van der Waals surface area contributed by atoms with Gasteiger partial charge in [-0.25, -0.2) is 4.39 Å². The van der Waals surface area contributed by atoms with E-state index in [0.29, 0.717) is 11.5 Å². The molecule has 1 saturated heterocycles. The van der Waals surface area contributed by atoms with E-state index in [1.165, 1.54) is 17.3 Å². The minimum absolute atomic E-state index is 0.0476. The minimum Gasteiger partial charge on any atom is -0.373 e. The van der Waals surface area contributed by atoms with Gasteiger partial charge in [-0.05, 0) is 38.3 Å². The summed E-state index contributed by atoms with van der Waals surface area (Å²) in [6.45, 7) is 5.70. The Hall–Kier alpha value is -1.78. The van der Waals surface area contributed by atoms with Gasteiger partial charge in [0.05, 0.1) is 12.3 Å². The lowest BCUT2D eigenvalue weighted by Crippen LogP contribution is -2.33. The molecule has 1 aliphatic rings. The number of rotatable bonds is 5. The number of hydrogen-bond donors (Lipinski definition) is 1. The van der Waals surface area contributed by atoms with Crippen molar-refractivity contribution in [1.29, 1.82) is 0 Å². The molecule has 3 nitrogen and oxygen atoms in total. The van der Waals surface area contributed by atoms with Crippen molar-refractivity contribution in [1.82, 2.24) is 10.3 Å². The summed E-state index contributed by atoms with van der Waals surface area (Å²) < 4.78 is 19.9. The van der Waals surface area contributed by atoms with Gasteiger partial charge in [0.1, 0.15) is 5.82 Å². The number of aryl methyl sites for hydroxylation is 1. The van der Waals surface area contributed by atoms with E-state index in [1.807, 2.05) is 6.92 Å². The van der Waals surface area contributed by atoms with Gasteiger partial charge in [-0.1, -0.05) is 29.8 Å². The van der Waals surface area contributed by atoms with Crippen LogP contribution in [0.25, 0.3) is 0 Å². The highest BCUT2D eigenvalue weighted by atomic mass is 19.1. The van der Waals surface area contributed by atoms with Crippen LogP contribution < -0.4 is 5.32 Å². The maximum atomic E-state index is 13.9. The molecule has 0 unspecified atom stereocenters. The van der Waals surface area contributed by atoms with Crippen LogP contribution in [-0.2, 0) is 4.74 Å². The molecule has 0 saturated carbocycles. The van der Waals surface area contributed by atoms with Gasteiger partial charge >= 0.3 is 0 Å². The van der Waals surface area contributed by atoms with E-state index in [0.717, 1.165) is 26.0 Å². The fraction of sp³-hybridized carbons (Fsp3) is 0.450. The number of benzene rings is 1. The smallest absolute Gasteiger partial charge is 0.146 e. The van der Waals surface area contributed by atoms with Crippen molar-refractivity contribution in [3.63, 3.8) is 0 Å². The summed E-state index contributed by atoms with van der Waals surface area (Å²) in [6, 6.07) is 10.3. The molecule has 0 amide bonds. The van der Waals surface area contributed by atoms with Crippen LogP contribution in [0.1, 0.15) is 48.6 Å². The lowest BCUT2D eigenvalue weighted by Gasteiger charge is -2.33. The summed E-state index contributed by atoms with van der Waals surface area (Å²) >= 11 is 0. The van der Waals surface area contributed by atoms with Gasteiger partial charge in [-0.15, -0.1) is 0 Å². The Morgan fingerprint density at radius 2 is 2.08 bits per heavy atom. The van der Waals surface area contributed by atoms with Crippen LogP contribution in [0, 0.1) is 18.7 Å². The molecule has 3 rings (SSSR count). The third-order valence-corrected chi connectivity index (χ3v) is 4.81. The van der Waals surface area contributed by atoms with E-state index in [-0.39, 0.29) is 18.0 Å². The number of pyridine rings is 1. The molecule has 4 heteroatoms. The zero-order valence-electron chi connectivity index (χ0n) is 14.3. The maximum Gasteiger partial charge on any atom is 0.146 e. The van der Waals surface area contributed by atoms with Crippen molar-refractivity contribution in [2.24, 2.45) is 5.92 Å². The molecular formula is C20H25FN2O. The number of ether oxygens (including phenoxy) is 1. The van der Waals surface area contributed by atoms with Crippen molar-refractivity contribution >= 4 is 0 Å². The summed E-state index contributed by atoms with van der Waals surface area (Å²) in [4.78, 5) is 3.81. The summed E-state index contributed by atoms with van der Waals surface area (Å²) in [5, 5.41) is 3.47. The molecule has 1 N–H and O–H groups in total. The number of nitrogens with one attached hydrogen (secondary N) is 1. The summed E-state index contributed by atoms with van der Waals surface area (Å²) in [7, 11) is 0. The lowest BCUT2D eigenvalue weighted by atomic mass is 9.89. The minimum atomic E-state index is -0.257. The van der Waals surface area contributed by atoms with Crippen molar-refractivity contribution in [3.8, 4) is 0 Å². The Balaban J connectivity index is 1.66. The fourth-order valence-corrected chi connectivity index (χ4v) is 3.35. The normalized spacial score (nSPS) is 22.3. The van der Waals surface area contributed by atoms with E-state index in [9.17, 15) is 4.39 Å². The quantitative estimate of drug-likeness (QED) is 0.886. The fourth-order valence-electron chi connectivity index (χ4n) is 3.35. The van der Waals surface area contributed by atoms with Crippen molar-refractivity contribution < 1.29 is 9.13 Å². The van der Waals surface area contributed by atoms with Gasteiger partial charge in [0.15, 0.2) is 0 Å². The second-order valence-electron chi connectivity index (χ2n) is 6.63. The molecule has 128 valence electrons. The second-order valence-corrected chi connectivity index (χ2v) is 6.63. The number of nitrogens with zero attached hydrogens (tertiary/aromatic N) is 1. The number of halogens is 1. The van der Waals surface area contributed by atoms with Crippen molar-refractivity contribution in [2.75, 3.05) is 13.2 Å². The first-order valence-electron chi connectivity index (χ1n) is 8.66. The second kappa shape index (κ2) is 7.86. The average Bonchev–Trinajstić information content (AvgIpc) is 2.61. The summed E-state index contributed by atoms with van der Waals surface area (Å²) in [5.41, 5.74) is 3.15. The van der Waals surface area contributed by atoms with Crippen LogP contribution >= 0.6 is 0 Å². The number of hydrogen-bond acceptors (Lipinski definition) is 3. The molecule has 0 aliphatic carbocycles. The highest BCUT2D eigenvalue weighted by Crippen LogP contribution is 2.33. The van der Waals surface area contributed by atoms with Crippen LogP contribution in [-0.4, -0.2) is 18.1 Å². The van der Waals surface area contributed by atoms with Gasteiger partial charge in [-0.3, -0.25) is 4.98 Å². The van der Waals surface area contributed by atoms with Gasteiger partial charge in [-0.2, -0.15) is 0 Å². The van der Waals surface area contributed by atoms with Crippen LogP contribution in [0.3, 0.4) is 0 Å². The molecular weight excluding hydrogens is 303 g/mol. The standard InChI is InChI=1S/C20H25FN2O/c1-14-5-7-16(8-6-14)20-17(4-3-11-24-20)12-23-15(2)18-9-10-22-13-19(18)21/h5-10,13,15,17,20,23H,3-4,11-12H2,1-2H3/t15-,17+,20-/m0/s1. The largest absolute Gasteiger partial charge is 0.373 e. The maximum absolute atomic E-state index is 13.9. The highest BCUT2D eigenvalue weighted by molar-refractivity contribution is 5.24. The molecule has 1 aliphatic heterocycles. The molecule has 24 heavy (non-hydrogen) atoms. The molecule has 1 fully saturated rings. The Bertz CT molecular complexity index is 659. The molecule has 2 heterocycles. The first-order chi connectivity index (χ1) is 11.6. The monoisotopic (exact) mass is 328 g/mol. The van der Waals surface area contributed by atoms with Gasteiger partial charge in [0.25, 0.3) is 0 Å². The van der Waals surface area contributed by atoms with Crippen molar-refractivity contribution in [3.05, 3.63) is 65.2 Å². The Kier molecular flexibility index (Phi) is 5.59. The predicted molar refractivity (Wildman–Crippen MR) is 93.2 cm³/mol. The molecule has 0 spiro atoms. The van der Waals surface area contributed by atoms with Crippen LogP contribution in [0.15, 0.2) is 42.7 Å². The summed E-state index contributed by atoms with van der Waals surface area (Å²) in [5.74, 6) is 0.140. The lowest BCUT2D eigenvalue weighted by molar-refractivity contribution is -0.0284. The third-order valence-electron chi connectivity index (χ3n) is 4.81. The summed E-state index contributed by atoms with van der Waals surface area (Å²) in [6.07, 6.45) is 5.22. The van der Waals surface area contributed by atoms with Gasteiger partial charge in [0, 0.05) is 36.9 Å². The Labute approximate surface area is 143 Å². The van der Waals surface area contributed by atoms with Crippen LogP contribution in [0.5, 0.6) is 0 Å². The Morgan fingerprint density at radius 3 is 2.83 bits per heavy atom. The molecule has 3 atom stereocenters. The Morgan fingerprint density at radius 1 is 1.29 bits per heavy atom. The molecule has 1 aromatic carbocycles.